The normalized spacial score (nSPS) is 21.2. The van der Waals surface area contributed by atoms with Gasteiger partial charge in [-0.25, -0.2) is 4.79 Å². The molecule has 0 radical (unpaired) electrons. The Labute approximate surface area is 152 Å². The highest BCUT2D eigenvalue weighted by molar-refractivity contribution is 7.17. The van der Waals surface area contributed by atoms with E-state index >= 15 is 0 Å². The third kappa shape index (κ3) is 2.87. The fraction of sp³-hybridized carbons (Fsp3) is 0.250. The van der Waals surface area contributed by atoms with Gasteiger partial charge in [-0.1, -0.05) is 11.6 Å². The lowest BCUT2D eigenvalue weighted by molar-refractivity contribution is 0.0890. The van der Waals surface area contributed by atoms with Crippen molar-refractivity contribution in [1.82, 2.24) is 5.32 Å². The van der Waals surface area contributed by atoms with E-state index in [1.807, 2.05) is 0 Å². The van der Waals surface area contributed by atoms with Crippen molar-refractivity contribution in [2.75, 3.05) is 23.8 Å². The van der Waals surface area contributed by atoms with Gasteiger partial charge in [0.05, 0.1) is 21.4 Å². The maximum absolute atomic E-state index is 12.3. The van der Waals surface area contributed by atoms with Crippen molar-refractivity contribution in [3.05, 3.63) is 39.5 Å². The van der Waals surface area contributed by atoms with E-state index < -0.39 is 12.2 Å². The van der Waals surface area contributed by atoms with Crippen LogP contribution >= 0.6 is 22.9 Å². The van der Waals surface area contributed by atoms with Gasteiger partial charge in [0.15, 0.2) is 0 Å². The smallest absolute Gasteiger partial charge is 0.415 e. The summed E-state index contributed by atoms with van der Waals surface area (Å²) in [4.78, 5) is 26.5. The van der Waals surface area contributed by atoms with Crippen LogP contribution in [0.15, 0.2) is 30.3 Å². The Morgan fingerprint density at radius 1 is 1.40 bits per heavy atom. The molecule has 130 valence electrons. The highest BCUT2D eigenvalue weighted by Gasteiger charge is 2.46. The molecule has 0 bridgehead atoms. The zero-order valence-electron chi connectivity index (χ0n) is 12.9. The number of carbonyl (C=O) groups is 2. The van der Waals surface area contributed by atoms with Crippen LogP contribution in [-0.4, -0.2) is 37.3 Å². The summed E-state index contributed by atoms with van der Waals surface area (Å²) in [5.74, 6) is 0.294. The van der Waals surface area contributed by atoms with Gasteiger partial charge in [-0.3, -0.25) is 9.69 Å². The van der Waals surface area contributed by atoms with Crippen LogP contribution in [0.3, 0.4) is 0 Å². The third-order valence-electron chi connectivity index (χ3n) is 4.12. The first-order valence-electron chi connectivity index (χ1n) is 7.58. The van der Waals surface area contributed by atoms with Crippen molar-refractivity contribution in [2.24, 2.45) is 0 Å². The van der Waals surface area contributed by atoms with Crippen molar-refractivity contribution in [1.29, 1.82) is 0 Å². The number of amides is 2. The maximum atomic E-state index is 12.3. The van der Waals surface area contributed by atoms with Gasteiger partial charge in [0.2, 0.25) is 0 Å². The Hall–Kier alpha value is -2.45. The molecule has 3 heterocycles. The number of anilines is 2. The Morgan fingerprint density at radius 3 is 3.00 bits per heavy atom. The highest BCUT2D eigenvalue weighted by atomic mass is 35.5. The van der Waals surface area contributed by atoms with E-state index in [2.05, 4.69) is 5.32 Å². The van der Waals surface area contributed by atoms with Crippen LogP contribution in [-0.2, 0) is 4.74 Å². The fourth-order valence-corrected chi connectivity index (χ4v) is 3.90. The molecule has 25 heavy (non-hydrogen) atoms. The molecule has 1 fully saturated rings. The predicted molar refractivity (Wildman–Crippen MR) is 94.5 cm³/mol. The van der Waals surface area contributed by atoms with Crippen LogP contribution in [0.5, 0.6) is 5.75 Å². The first-order valence-corrected chi connectivity index (χ1v) is 8.78. The Kier molecular flexibility index (Phi) is 3.93. The molecule has 0 spiro atoms. The second-order valence-electron chi connectivity index (χ2n) is 5.71. The lowest BCUT2D eigenvalue weighted by atomic mass is 10.1. The van der Waals surface area contributed by atoms with Crippen molar-refractivity contribution in [3.8, 4) is 5.75 Å². The van der Waals surface area contributed by atoms with E-state index in [0.29, 0.717) is 26.3 Å². The van der Waals surface area contributed by atoms with Gasteiger partial charge in [-0.15, -0.1) is 11.3 Å². The molecule has 9 heteroatoms. The summed E-state index contributed by atoms with van der Waals surface area (Å²) in [5.41, 5.74) is 6.93. The van der Waals surface area contributed by atoms with Crippen molar-refractivity contribution in [2.45, 2.75) is 12.1 Å². The minimum atomic E-state index is -0.502. The van der Waals surface area contributed by atoms with E-state index in [0.717, 1.165) is 0 Å². The van der Waals surface area contributed by atoms with Gasteiger partial charge in [-0.05, 0) is 24.3 Å². The average Bonchev–Trinajstić information content (AvgIpc) is 3.16. The quantitative estimate of drug-likeness (QED) is 0.799. The molecule has 2 aromatic rings. The molecule has 0 aliphatic carbocycles. The third-order valence-corrected chi connectivity index (χ3v) is 5.35. The number of hydrogen-bond acceptors (Lipinski definition) is 6. The van der Waals surface area contributed by atoms with Crippen LogP contribution in [0, 0.1) is 0 Å². The average molecular weight is 380 g/mol. The maximum Gasteiger partial charge on any atom is 0.415 e. The van der Waals surface area contributed by atoms with Crippen LogP contribution in [0.4, 0.5) is 16.2 Å². The number of halogens is 1. The van der Waals surface area contributed by atoms with E-state index in [1.165, 1.54) is 11.3 Å². The second kappa shape index (κ2) is 6.12. The number of carbonyl (C=O) groups excluding carboxylic acids is 2. The first kappa shape index (κ1) is 16.0. The summed E-state index contributed by atoms with van der Waals surface area (Å²) in [6.45, 7) is 0.461. The second-order valence-corrected chi connectivity index (χ2v) is 7.43. The summed E-state index contributed by atoms with van der Waals surface area (Å²) in [5, 5.41) is 2.77. The summed E-state index contributed by atoms with van der Waals surface area (Å²) >= 11 is 7.03. The lowest BCUT2D eigenvalue weighted by Crippen LogP contribution is -2.47. The van der Waals surface area contributed by atoms with E-state index in [-0.39, 0.29) is 25.1 Å². The Balaban J connectivity index is 1.48. The molecule has 2 aliphatic heterocycles. The molecule has 3 N–H and O–H groups in total. The number of fused-ring (bicyclic) bond motifs is 3. The number of cyclic esters (lactones) is 1. The monoisotopic (exact) mass is 379 g/mol. The molecule has 2 amide bonds. The molecule has 1 aromatic carbocycles. The number of rotatable bonds is 3. The van der Waals surface area contributed by atoms with Crippen LogP contribution in [0.25, 0.3) is 0 Å². The number of nitrogen functional groups attached to an aromatic ring is 1. The Morgan fingerprint density at radius 2 is 2.24 bits per heavy atom. The number of nitrogens with zero attached hydrogens (tertiary/aromatic N) is 1. The molecule has 1 saturated heterocycles. The molecule has 1 aromatic heterocycles. The molecule has 0 unspecified atom stereocenters. The first-order chi connectivity index (χ1) is 12.0. The molecule has 2 aliphatic rings. The van der Waals surface area contributed by atoms with Crippen molar-refractivity contribution >= 4 is 46.3 Å². The summed E-state index contributed by atoms with van der Waals surface area (Å²) in [6, 6.07) is 8.11. The summed E-state index contributed by atoms with van der Waals surface area (Å²) in [7, 11) is 0. The SMILES string of the molecule is Nc1ccc2c(c1)OC[C@H]1[C@H](CNC(=O)c3ccc(Cl)s3)OC(=O)N21. The molecule has 0 saturated carbocycles. The van der Waals surface area contributed by atoms with Gasteiger partial charge >= 0.3 is 6.09 Å². The molecular weight excluding hydrogens is 366 g/mol. The Bertz CT molecular complexity index is 856. The van der Waals surface area contributed by atoms with E-state index in [1.54, 1.807) is 35.2 Å². The number of ether oxygens (including phenoxy) is 2. The minimum Gasteiger partial charge on any atom is -0.489 e. The number of benzene rings is 1. The topological polar surface area (TPSA) is 93.9 Å². The van der Waals surface area contributed by atoms with Crippen molar-refractivity contribution < 1.29 is 19.1 Å². The molecule has 2 atom stereocenters. The summed E-state index contributed by atoms with van der Waals surface area (Å²) in [6.07, 6.45) is -0.963. The number of nitrogens with one attached hydrogen (secondary N) is 1. The molecular formula is C16H14ClN3O4S. The van der Waals surface area contributed by atoms with Crippen LogP contribution in [0.2, 0.25) is 4.34 Å². The highest BCUT2D eigenvalue weighted by Crippen LogP contribution is 2.39. The zero-order chi connectivity index (χ0) is 17.6. The zero-order valence-corrected chi connectivity index (χ0v) is 14.5. The standard InChI is InChI=1S/C16H14ClN3O4S/c17-14-4-3-13(25-14)15(21)19-6-12-10-7-23-11-5-8(18)1-2-9(11)20(10)16(22)24-12/h1-5,10,12H,6-7,18H2,(H,19,21)/t10-,12-/m0/s1. The minimum absolute atomic E-state index is 0.189. The number of thiophene rings is 1. The van der Waals surface area contributed by atoms with Gasteiger partial charge in [0, 0.05) is 11.8 Å². The fourth-order valence-electron chi connectivity index (χ4n) is 2.94. The van der Waals surface area contributed by atoms with Gasteiger partial charge in [0.1, 0.15) is 24.5 Å². The molecule has 7 nitrogen and oxygen atoms in total. The number of nitrogens with two attached hydrogens (primary N) is 1. The predicted octanol–water partition coefficient (Wildman–Crippen LogP) is 2.50. The van der Waals surface area contributed by atoms with Crippen molar-refractivity contribution in [3.63, 3.8) is 0 Å². The van der Waals surface area contributed by atoms with Crippen LogP contribution in [0.1, 0.15) is 9.67 Å². The van der Waals surface area contributed by atoms with Gasteiger partial charge in [0.25, 0.3) is 5.91 Å². The summed E-state index contributed by atoms with van der Waals surface area (Å²) < 4.78 is 11.7. The lowest BCUT2D eigenvalue weighted by Gasteiger charge is -2.31. The largest absolute Gasteiger partial charge is 0.489 e. The van der Waals surface area contributed by atoms with E-state index in [4.69, 9.17) is 26.8 Å². The van der Waals surface area contributed by atoms with Gasteiger partial charge < -0.3 is 20.5 Å². The van der Waals surface area contributed by atoms with Crippen LogP contribution < -0.4 is 20.7 Å². The van der Waals surface area contributed by atoms with Gasteiger partial charge in [-0.2, -0.15) is 0 Å². The molecule has 4 rings (SSSR count). The van der Waals surface area contributed by atoms with E-state index in [9.17, 15) is 9.59 Å². The number of hydrogen-bond donors (Lipinski definition) is 2.